The second-order valence-electron chi connectivity index (χ2n) is 7.35. The van der Waals surface area contributed by atoms with Crippen molar-refractivity contribution in [2.75, 3.05) is 13.2 Å². The zero-order valence-corrected chi connectivity index (χ0v) is 14.1. The number of pyridine rings is 1. The van der Waals surface area contributed by atoms with Crippen LogP contribution < -0.4 is 5.32 Å². The van der Waals surface area contributed by atoms with Gasteiger partial charge in [-0.05, 0) is 30.9 Å². The summed E-state index contributed by atoms with van der Waals surface area (Å²) in [6.07, 6.45) is 5.06. The summed E-state index contributed by atoms with van der Waals surface area (Å²) in [6, 6.07) is 3.91. The maximum atomic E-state index is 12.3. The molecule has 126 valence electrons. The summed E-state index contributed by atoms with van der Waals surface area (Å²) in [7, 11) is 0. The SMILES string of the molecule is CCOC1CC(O)(CNC(=O)C2CC2c2cccnc2)C1(C)C. The first-order valence-electron chi connectivity index (χ1n) is 8.40. The largest absolute Gasteiger partial charge is 0.387 e. The molecular formula is C18H26N2O3. The fourth-order valence-electron chi connectivity index (χ4n) is 3.57. The van der Waals surface area contributed by atoms with E-state index in [0.29, 0.717) is 19.6 Å². The Balaban J connectivity index is 1.51. The van der Waals surface area contributed by atoms with Crippen LogP contribution in [-0.4, -0.2) is 40.9 Å². The Morgan fingerprint density at radius 1 is 1.52 bits per heavy atom. The van der Waals surface area contributed by atoms with Gasteiger partial charge in [-0.25, -0.2) is 0 Å². The van der Waals surface area contributed by atoms with Crippen molar-refractivity contribution in [2.45, 2.75) is 51.2 Å². The van der Waals surface area contributed by atoms with Gasteiger partial charge in [-0.3, -0.25) is 9.78 Å². The molecule has 2 saturated carbocycles. The third kappa shape index (κ3) is 2.88. The van der Waals surface area contributed by atoms with E-state index in [0.717, 1.165) is 12.0 Å². The van der Waals surface area contributed by atoms with E-state index in [1.165, 1.54) is 0 Å². The molecule has 4 unspecified atom stereocenters. The zero-order valence-electron chi connectivity index (χ0n) is 14.1. The fraction of sp³-hybridized carbons (Fsp3) is 0.667. The van der Waals surface area contributed by atoms with E-state index in [2.05, 4.69) is 10.3 Å². The molecule has 1 heterocycles. The lowest BCUT2D eigenvalue weighted by atomic mass is 9.56. The van der Waals surface area contributed by atoms with Crippen molar-refractivity contribution >= 4 is 5.91 Å². The first-order chi connectivity index (χ1) is 10.9. The van der Waals surface area contributed by atoms with Crippen LogP contribution in [0.4, 0.5) is 0 Å². The van der Waals surface area contributed by atoms with Crippen LogP contribution in [0, 0.1) is 11.3 Å². The molecule has 0 aromatic carbocycles. The Morgan fingerprint density at radius 3 is 2.91 bits per heavy atom. The van der Waals surface area contributed by atoms with Gasteiger partial charge in [0, 0.05) is 43.3 Å². The van der Waals surface area contributed by atoms with E-state index < -0.39 is 5.60 Å². The molecule has 2 fully saturated rings. The van der Waals surface area contributed by atoms with Crippen LogP contribution in [0.25, 0.3) is 0 Å². The van der Waals surface area contributed by atoms with Crippen LogP contribution in [0.3, 0.4) is 0 Å². The minimum Gasteiger partial charge on any atom is -0.387 e. The molecule has 1 amide bonds. The van der Waals surface area contributed by atoms with Gasteiger partial charge in [0.05, 0.1) is 11.7 Å². The van der Waals surface area contributed by atoms with Crippen molar-refractivity contribution in [3.05, 3.63) is 30.1 Å². The predicted molar refractivity (Wildman–Crippen MR) is 86.9 cm³/mol. The molecule has 5 nitrogen and oxygen atoms in total. The van der Waals surface area contributed by atoms with Crippen LogP contribution in [0.1, 0.15) is 45.1 Å². The number of nitrogens with one attached hydrogen (secondary N) is 1. The molecule has 5 heteroatoms. The summed E-state index contributed by atoms with van der Waals surface area (Å²) in [5, 5.41) is 13.7. The smallest absolute Gasteiger partial charge is 0.223 e. The molecule has 0 bridgehead atoms. The highest BCUT2D eigenvalue weighted by Gasteiger charge is 2.60. The van der Waals surface area contributed by atoms with Crippen LogP contribution in [0.2, 0.25) is 0 Å². The number of nitrogens with zero attached hydrogens (tertiary/aromatic N) is 1. The average Bonchev–Trinajstić information content (AvgIpc) is 3.34. The van der Waals surface area contributed by atoms with Crippen molar-refractivity contribution in [1.82, 2.24) is 10.3 Å². The Bertz CT molecular complexity index is 575. The van der Waals surface area contributed by atoms with Crippen molar-refractivity contribution in [3.63, 3.8) is 0 Å². The quantitative estimate of drug-likeness (QED) is 0.840. The van der Waals surface area contributed by atoms with Gasteiger partial charge in [0.25, 0.3) is 0 Å². The molecule has 23 heavy (non-hydrogen) atoms. The Hall–Kier alpha value is -1.46. The molecule has 1 aromatic rings. The molecular weight excluding hydrogens is 292 g/mol. The van der Waals surface area contributed by atoms with E-state index in [1.807, 2.05) is 39.1 Å². The lowest BCUT2D eigenvalue weighted by Crippen LogP contribution is -2.68. The monoisotopic (exact) mass is 318 g/mol. The number of carbonyl (C=O) groups excluding carboxylic acids is 1. The standard InChI is InChI=1S/C18H26N2O3/c1-4-23-15-9-18(22,17(15,2)3)11-20-16(21)14-8-13(14)12-6-5-7-19-10-12/h5-7,10,13-15,22H,4,8-9,11H2,1-3H3,(H,20,21). The normalized spacial score (nSPS) is 34.5. The summed E-state index contributed by atoms with van der Waals surface area (Å²) in [5.74, 6) is 0.306. The van der Waals surface area contributed by atoms with E-state index in [9.17, 15) is 9.90 Å². The maximum absolute atomic E-state index is 12.3. The highest BCUT2D eigenvalue weighted by Crippen LogP contribution is 2.51. The second kappa shape index (κ2) is 5.87. The van der Waals surface area contributed by atoms with Crippen LogP contribution in [0.15, 0.2) is 24.5 Å². The second-order valence-corrected chi connectivity index (χ2v) is 7.35. The van der Waals surface area contributed by atoms with Gasteiger partial charge in [0.15, 0.2) is 0 Å². The molecule has 2 aliphatic rings. The molecule has 4 atom stereocenters. The first kappa shape index (κ1) is 16.4. The number of rotatable bonds is 6. The average molecular weight is 318 g/mol. The van der Waals surface area contributed by atoms with Gasteiger partial charge < -0.3 is 15.2 Å². The third-order valence-corrected chi connectivity index (χ3v) is 5.69. The number of ether oxygens (including phenoxy) is 1. The zero-order chi connectivity index (χ0) is 16.7. The van der Waals surface area contributed by atoms with E-state index in [-0.39, 0.29) is 29.3 Å². The molecule has 0 aliphatic heterocycles. The van der Waals surface area contributed by atoms with Gasteiger partial charge in [0.2, 0.25) is 5.91 Å². The summed E-state index contributed by atoms with van der Waals surface area (Å²) in [6.45, 7) is 6.89. The summed E-state index contributed by atoms with van der Waals surface area (Å²) in [4.78, 5) is 16.4. The molecule has 0 spiro atoms. The molecule has 3 rings (SSSR count). The summed E-state index contributed by atoms with van der Waals surface area (Å²) < 4.78 is 5.65. The van der Waals surface area contributed by atoms with Crippen molar-refractivity contribution in [2.24, 2.45) is 11.3 Å². The summed E-state index contributed by atoms with van der Waals surface area (Å²) in [5.41, 5.74) is -0.115. The molecule has 2 N–H and O–H groups in total. The number of aliphatic hydroxyl groups is 1. The number of hydrogen-bond acceptors (Lipinski definition) is 4. The van der Waals surface area contributed by atoms with Crippen LogP contribution in [-0.2, 0) is 9.53 Å². The minimum absolute atomic E-state index is 0.00803. The maximum Gasteiger partial charge on any atom is 0.223 e. The lowest BCUT2D eigenvalue weighted by Gasteiger charge is -2.57. The highest BCUT2D eigenvalue weighted by molar-refractivity contribution is 5.83. The van der Waals surface area contributed by atoms with Crippen molar-refractivity contribution in [1.29, 1.82) is 0 Å². The fourth-order valence-corrected chi connectivity index (χ4v) is 3.57. The number of hydrogen-bond donors (Lipinski definition) is 2. The molecule has 2 aliphatic carbocycles. The van der Waals surface area contributed by atoms with Gasteiger partial charge in [-0.1, -0.05) is 19.9 Å². The van der Waals surface area contributed by atoms with Crippen molar-refractivity contribution < 1.29 is 14.6 Å². The minimum atomic E-state index is -0.888. The third-order valence-electron chi connectivity index (χ3n) is 5.69. The van der Waals surface area contributed by atoms with E-state index in [1.54, 1.807) is 6.20 Å². The van der Waals surface area contributed by atoms with Crippen LogP contribution >= 0.6 is 0 Å². The first-order valence-corrected chi connectivity index (χ1v) is 8.40. The summed E-state index contributed by atoms with van der Waals surface area (Å²) >= 11 is 0. The van der Waals surface area contributed by atoms with Gasteiger partial charge in [-0.15, -0.1) is 0 Å². The van der Waals surface area contributed by atoms with Crippen LogP contribution in [0.5, 0.6) is 0 Å². The molecule has 0 saturated heterocycles. The highest BCUT2D eigenvalue weighted by atomic mass is 16.5. The van der Waals surface area contributed by atoms with Gasteiger partial charge >= 0.3 is 0 Å². The lowest BCUT2D eigenvalue weighted by molar-refractivity contribution is -0.238. The molecule has 0 radical (unpaired) electrons. The molecule has 1 aromatic heterocycles. The number of aromatic nitrogens is 1. The Labute approximate surface area is 137 Å². The number of carbonyl (C=O) groups is 1. The van der Waals surface area contributed by atoms with Gasteiger partial charge in [0.1, 0.15) is 0 Å². The van der Waals surface area contributed by atoms with Gasteiger partial charge in [-0.2, -0.15) is 0 Å². The predicted octanol–water partition coefficient (Wildman–Crippen LogP) is 1.87. The topological polar surface area (TPSA) is 71.5 Å². The van der Waals surface area contributed by atoms with E-state index in [4.69, 9.17) is 4.74 Å². The van der Waals surface area contributed by atoms with E-state index >= 15 is 0 Å². The Kier molecular flexibility index (Phi) is 4.19. The Morgan fingerprint density at radius 2 is 2.30 bits per heavy atom. The van der Waals surface area contributed by atoms with Crippen molar-refractivity contribution in [3.8, 4) is 0 Å². The number of amides is 1.